The molecule has 2 aliphatic heterocycles. The summed E-state index contributed by atoms with van der Waals surface area (Å²) in [7, 11) is 0. The Morgan fingerprint density at radius 1 is 1.00 bits per heavy atom. The zero-order valence-electron chi connectivity index (χ0n) is 16.3. The zero-order chi connectivity index (χ0) is 20.2. The second-order valence-electron chi connectivity index (χ2n) is 7.07. The van der Waals surface area contributed by atoms with Crippen LogP contribution >= 0.6 is 0 Å². The molecule has 0 aliphatic carbocycles. The molecule has 2 aromatic rings. The highest BCUT2D eigenvalue weighted by molar-refractivity contribution is 5.84. The molecule has 2 amide bonds. The molecule has 4 rings (SSSR count). The molecule has 7 nitrogen and oxygen atoms in total. The summed E-state index contributed by atoms with van der Waals surface area (Å²) >= 11 is 0. The first-order valence-corrected chi connectivity index (χ1v) is 9.78. The molecule has 2 aromatic carbocycles. The summed E-state index contributed by atoms with van der Waals surface area (Å²) in [6, 6.07) is 15.6. The fourth-order valence-electron chi connectivity index (χ4n) is 3.52. The molecule has 1 N–H and O–H groups in total. The molecular formula is C22H24N2O5. The molecule has 1 fully saturated rings. The van der Waals surface area contributed by atoms with Crippen molar-refractivity contribution in [1.82, 2.24) is 10.2 Å². The summed E-state index contributed by atoms with van der Waals surface area (Å²) in [5.74, 6) is 1.13. The lowest BCUT2D eigenvalue weighted by molar-refractivity contribution is -0.147. The Hall–Kier alpha value is -3.06. The predicted octanol–water partition coefficient (Wildman–Crippen LogP) is 2.58. The number of hydrogen-bond donors (Lipinski definition) is 1. The molecular weight excluding hydrogens is 372 g/mol. The Kier molecular flexibility index (Phi) is 5.67. The zero-order valence-corrected chi connectivity index (χ0v) is 16.3. The van der Waals surface area contributed by atoms with Crippen LogP contribution in [0.3, 0.4) is 0 Å². The molecule has 0 saturated carbocycles. The average molecular weight is 396 g/mol. The first kappa shape index (κ1) is 19.3. The van der Waals surface area contributed by atoms with Crippen molar-refractivity contribution < 1.29 is 23.8 Å². The number of ether oxygens (including phenoxy) is 3. The van der Waals surface area contributed by atoms with Gasteiger partial charge in [0.25, 0.3) is 0 Å². The van der Waals surface area contributed by atoms with Crippen LogP contribution in [0.15, 0.2) is 48.5 Å². The van der Waals surface area contributed by atoms with Crippen LogP contribution in [0.5, 0.6) is 11.5 Å². The molecule has 2 heterocycles. The minimum atomic E-state index is -0.311. The maximum absolute atomic E-state index is 12.8. The summed E-state index contributed by atoms with van der Waals surface area (Å²) in [4.78, 5) is 26.1. The minimum absolute atomic E-state index is 0.0119. The number of nitrogens with one attached hydrogen (secondary N) is 1. The van der Waals surface area contributed by atoms with Crippen molar-refractivity contribution in [3.8, 4) is 11.5 Å². The van der Waals surface area contributed by atoms with E-state index in [1.54, 1.807) is 11.8 Å². The molecule has 0 aromatic heterocycles. The topological polar surface area (TPSA) is 77.1 Å². The van der Waals surface area contributed by atoms with E-state index in [4.69, 9.17) is 14.2 Å². The van der Waals surface area contributed by atoms with Gasteiger partial charge in [-0.25, -0.2) is 0 Å². The Morgan fingerprint density at radius 2 is 1.72 bits per heavy atom. The largest absolute Gasteiger partial charge is 0.454 e. The van der Waals surface area contributed by atoms with E-state index in [1.165, 1.54) is 0 Å². The van der Waals surface area contributed by atoms with Gasteiger partial charge in [-0.2, -0.15) is 0 Å². The highest BCUT2D eigenvalue weighted by Gasteiger charge is 2.33. The Morgan fingerprint density at radius 3 is 2.48 bits per heavy atom. The standard InChI is InChI=1S/C22H24N2O5/c1-2-21(25)23-11-22(26)24-12-19(15-6-4-3-5-7-15)29-20(13-24)16-8-9-17-18(10-16)28-14-27-17/h3-10,19-20H,2,11-14H2,1H3,(H,23,25)/t19-,20+/m0/s1. The fraction of sp³-hybridized carbons (Fsp3) is 0.364. The number of amides is 2. The van der Waals surface area contributed by atoms with Gasteiger partial charge in [-0.15, -0.1) is 0 Å². The maximum atomic E-state index is 12.8. The second-order valence-corrected chi connectivity index (χ2v) is 7.07. The smallest absolute Gasteiger partial charge is 0.242 e. The van der Waals surface area contributed by atoms with Gasteiger partial charge in [0.15, 0.2) is 11.5 Å². The van der Waals surface area contributed by atoms with Crippen LogP contribution in [0.1, 0.15) is 36.7 Å². The first-order valence-electron chi connectivity index (χ1n) is 9.78. The number of benzene rings is 2. The molecule has 29 heavy (non-hydrogen) atoms. The normalized spacial score (nSPS) is 20.4. The highest BCUT2D eigenvalue weighted by Crippen LogP contribution is 2.38. The van der Waals surface area contributed by atoms with Crippen molar-refractivity contribution in [3.63, 3.8) is 0 Å². The van der Waals surface area contributed by atoms with Crippen LogP contribution in [0, 0.1) is 0 Å². The third kappa shape index (κ3) is 4.35. The predicted molar refractivity (Wildman–Crippen MR) is 105 cm³/mol. The lowest BCUT2D eigenvalue weighted by atomic mass is 10.0. The lowest BCUT2D eigenvalue weighted by Gasteiger charge is -2.38. The van der Waals surface area contributed by atoms with Crippen LogP contribution in [-0.4, -0.2) is 43.1 Å². The maximum Gasteiger partial charge on any atom is 0.242 e. The third-order valence-corrected chi connectivity index (χ3v) is 5.15. The van der Waals surface area contributed by atoms with Gasteiger partial charge in [0.2, 0.25) is 18.6 Å². The molecule has 0 bridgehead atoms. The van der Waals surface area contributed by atoms with Gasteiger partial charge < -0.3 is 24.4 Å². The number of rotatable bonds is 5. The molecule has 0 unspecified atom stereocenters. The van der Waals surface area contributed by atoms with Gasteiger partial charge in [-0.3, -0.25) is 9.59 Å². The van der Waals surface area contributed by atoms with E-state index in [2.05, 4.69) is 5.32 Å². The molecule has 0 radical (unpaired) electrons. The monoisotopic (exact) mass is 396 g/mol. The van der Waals surface area contributed by atoms with Crippen LogP contribution in [0.4, 0.5) is 0 Å². The Bertz CT molecular complexity index is 886. The molecule has 152 valence electrons. The number of morpholine rings is 1. The summed E-state index contributed by atoms with van der Waals surface area (Å²) in [5, 5.41) is 2.67. The SMILES string of the molecule is CCC(=O)NCC(=O)N1C[C@@H](c2ccccc2)O[C@@H](c2ccc3c(c2)OCO3)C1. The van der Waals surface area contributed by atoms with E-state index < -0.39 is 0 Å². The van der Waals surface area contributed by atoms with Gasteiger partial charge in [-0.05, 0) is 23.3 Å². The Balaban J connectivity index is 1.56. The van der Waals surface area contributed by atoms with Crippen molar-refractivity contribution in [2.75, 3.05) is 26.4 Å². The second kappa shape index (κ2) is 8.53. The fourth-order valence-corrected chi connectivity index (χ4v) is 3.52. The van der Waals surface area contributed by atoms with Crippen molar-refractivity contribution in [3.05, 3.63) is 59.7 Å². The van der Waals surface area contributed by atoms with E-state index in [1.807, 2.05) is 48.5 Å². The Labute approximate surface area is 169 Å². The van der Waals surface area contributed by atoms with E-state index >= 15 is 0 Å². The van der Waals surface area contributed by atoms with E-state index in [-0.39, 0.29) is 37.4 Å². The summed E-state index contributed by atoms with van der Waals surface area (Å²) in [6.07, 6.45) is -0.219. The van der Waals surface area contributed by atoms with Crippen LogP contribution in [0.25, 0.3) is 0 Å². The van der Waals surface area contributed by atoms with Crippen molar-refractivity contribution >= 4 is 11.8 Å². The van der Waals surface area contributed by atoms with Crippen molar-refractivity contribution in [2.45, 2.75) is 25.6 Å². The third-order valence-electron chi connectivity index (χ3n) is 5.15. The number of carbonyl (C=O) groups excluding carboxylic acids is 2. The number of fused-ring (bicyclic) bond motifs is 1. The lowest BCUT2D eigenvalue weighted by Crippen LogP contribution is -2.47. The van der Waals surface area contributed by atoms with Crippen LogP contribution in [0.2, 0.25) is 0 Å². The minimum Gasteiger partial charge on any atom is -0.454 e. The molecule has 0 spiro atoms. The highest BCUT2D eigenvalue weighted by atomic mass is 16.7. The van der Waals surface area contributed by atoms with Gasteiger partial charge in [0.05, 0.1) is 19.6 Å². The summed E-state index contributed by atoms with van der Waals surface area (Å²) in [5.41, 5.74) is 1.93. The first-order chi connectivity index (χ1) is 14.1. The number of nitrogens with zero attached hydrogens (tertiary/aromatic N) is 1. The van der Waals surface area contributed by atoms with Crippen molar-refractivity contribution in [1.29, 1.82) is 0 Å². The summed E-state index contributed by atoms with van der Waals surface area (Å²) < 4.78 is 17.2. The molecule has 1 saturated heterocycles. The average Bonchev–Trinajstić information content (AvgIpc) is 3.25. The van der Waals surface area contributed by atoms with E-state index in [0.717, 1.165) is 11.1 Å². The quantitative estimate of drug-likeness (QED) is 0.841. The van der Waals surface area contributed by atoms with Gasteiger partial charge in [0, 0.05) is 6.42 Å². The van der Waals surface area contributed by atoms with Gasteiger partial charge >= 0.3 is 0 Å². The molecule has 2 aliphatic rings. The van der Waals surface area contributed by atoms with Gasteiger partial charge in [0.1, 0.15) is 12.2 Å². The van der Waals surface area contributed by atoms with E-state index in [9.17, 15) is 9.59 Å². The number of carbonyl (C=O) groups is 2. The van der Waals surface area contributed by atoms with E-state index in [0.29, 0.717) is 31.0 Å². The van der Waals surface area contributed by atoms with Crippen LogP contribution in [-0.2, 0) is 14.3 Å². The molecule has 2 atom stereocenters. The van der Waals surface area contributed by atoms with Gasteiger partial charge in [-0.1, -0.05) is 43.3 Å². The molecule has 7 heteroatoms. The summed E-state index contributed by atoms with van der Waals surface area (Å²) in [6.45, 7) is 2.80. The van der Waals surface area contributed by atoms with Crippen LogP contribution < -0.4 is 14.8 Å². The number of hydrogen-bond acceptors (Lipinski definition) is 5. The van der Waals surface area contributed by atoms with Crippen molar-refractivity contribution in [2.24, 2.45) is 0 Å².